The first kappa shape index (κ1) is 22.1. The number of thioether (sulfide) groups is 1. The van der Waals surface area contributed by atoms with Crippen molar-refractivity contribution in [3.8, 4) is 11.5 Å². The number of aliphatic carboxylic acids is 1. The first-order valence-electron chi connectivity index (χ1n) is 8.51. The molecule has 6 nitrogen and oxygen atoms in total. The smallest absolute Gasteiger partial charge is 0.323 e. The second kappa shape index (κ2) is 9.46. The number of benzene rings is 2. The van der Waals surface area contributed by atoms with E-state index in [1.807, 2.05) is 0 Å². The van der Waals surface area contributed by atoms with Crippen LogP contribution in [-0.2, 0) is 16.2 Å². The maximum Gasteiger partial charge on any atom is 0.323 e. The molecule has 0 atom stereocenters. The number of carboxylic acid groups (broad SMARTS) is 1. The van der Waals surface area contributed by atoms with Gasteiger partial charge in [-0.25, -0.2) is 4.39 Å². The maximum absolute atomic E-state index is 13.9. The number of hydrogen-bond donors (Lipinski definition) is 1. The van der Waals surface area contributed by atoms with E-state index in [1.54, 1.807) is 30.3 Å². The zero-order valence-corrected chi connectivity index (χ0v) is 17.9. The van der Waals surface area contributed by atoms with Crippen LogP contribution in [0.4, 0.5) is 4.39 Å². The van der Waals surface area contributed by atoms with E-state index in [-0.39, 0.29) is 21.5 Å². The summed E-state index contributed by atoms with van der Waals surface area (Å²) in [4.78, 5) is 24.6. The van der Waals surface area contributed by atoms with E-state index in [9.17, 15) is 14.0 Å². The third kappa shape index (κ3) is 4.92. The molecular weight excluding hydrogens is 453 g/mol. The zero-order chi connectivity index (χ0) is 21.8. The van der Waals surface area contributed by atoms with E-state index >= 15 is 0 Å². The Morgan fingerprint density at radius 2 is 2.10 bits per heavy atom. The van der Waals surface area contributed by atoms with Crippen molar-refractivity contribution >= 4 is 57.9 Å². The van der Waals surface area contributed by atoms with Crippen LogP contribution in [0.5, 0.6) is 11.5 Å². The van der Waals surface area contributed by atoms with Gasteiger partial charge in [-0.05, 0) is 35.9 Å². The van der Waals surface area contributed by atoms with Gasteiger partial charge in [-0.2, -0.15) is 0 Å². The predicted octanol–water partition coefficient (Wildman–Crippen LogP) is 4.35. The second-order valence-electron chi connectivity index (χ2n) is 6.06. The minimum atomic E-state index is -1.15. The maximum atomic E-state index is 13.9. The normalized spacial score (nSPS) is 15.0. The molecule has 1 amide bonds. The summed E-state index contributed by atoms with van der Waals surface area (Å²) in [5.41, 5.74) is 0.853. The highest BCUT2D eigenvalue weighted by Gasteiger charge is 2.33. The molecule has 1 aliphatic heterocycles. The largest absolute Gasteiger partial charge is 0.493 e. The molecule has 2 aromatic rings. The quantitative estimate of drug-likeness (QED) is 0.479. The molecule has 0 saturated carbocycles. The number of rotatable bonds is 7. The van der Waals surface area contributed by atoms with Gasteiger partial charge in [0, 0.05) is 5.56 Å². The summed E-state index contributed by atoms with van der Waals surface area (Å²) >= 11 is 12.1. The van der Waals surface area contributed by atoms with Crippen molar-refractivity contribution < 1.29 is 28.6 Å². The Bertz CT molecular complexity index is 1040. The molecule has 1 saturated heterocycles. The molecule has 1 aliphatic rings. The van der Waals surface area contributed by atoms with Crippen molar-refractivity contribution in [1.29, 1.82) is 0 Å². The second-order valence-corrected chi connectivity index (χ2v) is 8.14. The van der Waals surface area contributed by atoms with Crippen LogP contribution in [0.25, 0.3) is 6.08 Å². The highest BCUT2D eigenvalue weighted by atomic mass is 35.5. The SMILES string of the molecule is COc1cc(/C=C2/SC(=S)N(CC(=O)O)C2=O)ccc1OCc1c(F)cccc1Cl. The molecule has 2 aromatic carbocycles. The molecular formula is C20H15ClFNO5S2. The molecule has 30 heavy (non-hydrogen) atoms. The zero-order valence-electron chi connectivity index (χ0n) is 15.6. The lowest BCUT2D eigenvalue weighted by molar-refractivity contribution is -0.140. The number of carbonyl (C=O) groups excluding carboxylic acids is 1. The lowest BCUT2D eigenvalue weighted by atomic mass is 10.1. The summed E-state index contributed by atoms with van der Waals surface area (Å²) in [6, 6.07) is 9.33. The number of nitrogens with zero attached hydrogens (tertiary/aromatic N) is 1. The van der Waals surface area contributed by atoms with E-state index in [0.29, 0.717) is 22.0 Å². The number of carboxylic acids is 1. The number of amides is 1. The predicted molar refractivity (Wildman–Crippen MR) is 116 cm³/mol. The Balaban J connectivity index is 1.79. The van der Waals surface area contributed by atoms with Crippen LogP contribution in [0.3, 0.4) is 0 Å². The molecule has 0 radical (unpaired) electrons. The minimum Gasteiger partial charge on any atom is -0.493 e. The average molecular weight is 468 g/mol. The first-order chi connectivity index (χ1) is 14.3. The summed E-state index contributed by atoms with van der Waals surface area (Å²) in [7, 11) is 1.45. The fraction of sp³-hybridized carbons (Fsp3) is 0.150. The van der Waals surface area contributed by atoms with Crippen molar-refractivity contribution in [2.45, 2.75) is 6.61 Å². The molecule has 1 fully saturated rings. The number of halogens is 2. The van der Waals surface area contributed by atoms with Gasteiger partial charge in [0.2, 0.25) is 0 Å². The molecule has 1 N–H and O–H groups in total. The van der Waals surface area contributed by atoms with Crippen molar-refractivity contribution in [2.24, 2.45) is 0 Å². The van der Waals surface area contributed by atoms with Crippen LogP contribution in [0, 0.1) is 5.82 Å². The van der Waals surface area contributed by atoms with E-state index in [2.05, 4.69) is 0 Å². The Hall–Kier alpha value is -2.62. The molecule has 3 rings (SSSR count). The first-order valence-corrected chi connectivity index (χ1v) is 10.1. The average Bonchev–Trinajstić information content (AvgIpc) is 2.95. The Kier molecular flexibility index (Phi) is 6.96. The summed E-state index contributed by atoms with van der Waals surface area (Å²) in [6.45, 7) is -0.578. The van der Waals surface area contributed by atoms with Gasteiger partial charge in [0.15, 0.2) is 11.5 Å². The van der Waals surface area contributed by atoms with Crippen molar-refractivity contribution in [1.82, 2.24) is 4.90 Å². The standard InChI is InChI=1S/C20H15ClFNO5S2/c1-27-16-7-11(8-17-19(26)23(9-18(24)25)20(29)30-17)5-6-15(16)28-10-12-13(21)3-2-4-14(12)22/h2-8H,9-10H2,1H3,(H,24,25)/b17-8+. The van der Waals surface area contributed by atoms with Gasteiger partial charge in [0.05, 0.1) is 17.0 Å². The third-order valence-electron chi connectivity index (χ3n) is 4.09. The van der Waals surface area contributed by atoms with Gasteiger partial charge in [0.1, 0.15) is 23.3 Å². The fourth-order valence-corrected chi connectivity index (χ4v) is 4.11. The molecule has 0 aromatic heterocycles. The van der Waals surface area contributed by atoms with Gasteiger partial charge in [-0.1, -0.05) is 47.7 Å². The van der Waals surface area contributed by atoms with Gasteiger partial charge in [0.25, 0.3) is 5.91 Å². The summed E-state index contributed by atoms with van der Waals surface area (Å²) in [5.74, 6) is -1.35. The fourth-order valence-electron chi connectivity index (χ4n) is 2.64. The van der Waals surface area contributed by atoms with Crippen molar-refractivity contribution in [2.75, 3.05) is 13.7 Å². The summed E-state index contributed by atoms with van der Waals surface area (Å²) in [5, 5.41) is 9.17. The Morgan fingerprint density at radius 3 is 2.77 bits per heavy atom. The summed E-state index contributed by atoms with van der Waals surface area (Å²) < 4.78 is 25.1. The van der Waals surface area contributed by atoms with E-state index < -0.39 is 24.2 Å². The Labute approximate surface area is 186 Å². The molecule has 156 valence electrons. The topological polar surface area (TPSA) is 76.1 Å². The molecule has 0 spiro atoms. The van der Waals surface area contributed by atoms with E-state index in [1.165, 1.54) is 19.2 Å². The molecule has 0 bridgehead atoms. The van der Waals surface area contributed by atoms with Crippen LogP contribution in [0.15, 0.2) is 41.3 Å². The molecule has 10 heteroatoms. The van der Waals surface area contributed by atoms with Crippen LogP contribution < -0.4 is 9.47 Å². The molecule has 1 heterocycles. The number of ether oxygens (including phenoxy) is 2. The number of hydrogen-bond acceptors (Lipinski definition) is 6. The van der Waals surface area contributed by atoms with Crippen molar-refractivity contribution in [3.05, 3.63) is 63.3 Å². The highest BCUT2D eigenvalue weighted by molar-refractivity contribution is 8.26. The number of methoxy groups -OCH3 is 1. The summed E-state index contributed by atoms with van der Waals surface area (Å²) in [6.07, 6.45) is 1.58. The van der Waals surface area contributed by atoms with Gasteiger partial charge < -0.3 is 14.6 Å². The molecule has 0 aliphatic carbocycles. The number of carbonyl (C=O) groups is 2. The van der Waals surface area contributed by atoms with Crippen LogP contribution in [-0.4, -0.2) is 39.9 Å². The van der Waals surface area contributed by atoms with Gasteiger partial charge in [-0.3, -0.25) is 14.5 Å². The third-order valence-corrected chi connectivity index (χ3v) is 5.82. The number of thiocarbonyl (C=S) groups is 1. The van der Waals surface area contributed by atoms with E-state index in [4.69, 9.17) is 38.4 Å². The lowest BCUT2D eigenvalue weighted by Crippen LogP contribution is -2.33. The van der Waals surface area contributed by atoms with E-state index in [0.717, 1.165) is 16.7 Å². The minimum absolute atomic E-state index is 0.0882. The lowest BCUT2D eigenvalue weighted by Gasteiger charge is -2.13. The highest BCUT2D eigenvalue weighted by Crippen LogP contribution is 2.35. The van der Waals surface area contributed by atoms with Gasteiger partial charge in [-0.15, -0.1) is 0 Å². The molecule has 0 unspecified atom stereocenters. The Morgan fingerprint density at radius 1 is 1.33 bits per heavy atom. The monoisotopic (exact) mass is 467 g/mol. The van der Waals surface area contributed by atoms with Crippen LogP contribution >= 0.6 is 35.6 Å². The van der Waals surface area contributed by atoms with Crippen LogP contribution in [0.2, 0.25) is 5.02 Å². The van der Waals surface area contributed by atoms with Crippen molar-refractivity contribution in [3.63, 3.8) is 0 Å². The van der Waals surface area contributed by atoms with Crippen LogP contribution in [0.1, 0.15) is 11.1 Å². The van der Waals surface area contributed by atoms with Gasteiger partial charge >= 0.3 is 5.97 Å².